The van der Waals surface area contributed by atoms with E-state index in [9.17, 15) is 9.90 Å². The van der Waals surface area contributed by atoms with Crippen molar-refractivity contribution in [2.45, 2.75) is 82.8 Å². The van der Waals surface area contributed by atoms with Crippen molar-refractivity contribution in [1.29, 1.82) is 0 Å². The maximum Gasteiger partial charge on any atom is 0.202 e. The van der Waals surface area contributed by atoms with Gasteiger partial charge < -0.3 is 28.8 Å². The number of aliphatic hydroxyl groups is 1. The van der Waals surface area contributed by atoms with Gasteiger partial charge in [0, 0.05) is 37.5 Å². The topological polar surface area (TPSA) is 83.5 Å². The summed E-state index contributed by atoms with van der Waals surface area (Å²) in [6, 6.07) is 7.23. The largest absolute Gasteiger partial charge is 0.490 e. The third kappa shape index (κ3) is 8.81. The lowest BCUT2D eigenvalue weighted by Gasteiger charge is -2.29. The number of ketones is 1. The van der Waals surface area contributed by atoms with E-state index in [1.165, 1.54) is 6.92 Å². The van der Waals surface area contributed by atoms with Crippen molar-refractivity contribution < 1.29 is 33.6 Å². The van der Waals surface area contributed by atoms with E-state index in [1.807, 2.05) is 24.3 Å². The van der Waals surface area contributed by atoms with Crippen molar-refractivity contribution in [1.82, 2.24) is 0 Å². The molecule has 7 unspecified atom stereocenters. The minimum Gasteiger partial charge on any atom is -0.490 e. The summed E-state index contributed by atoms with van der Waals surface area (Å²) in [4.78, 5) is 11.6. The van der Waals surface area contributed by atoms with E-state index >= 15 is 0 Å². The fraction of sp³-hybridized carbons (Fsp3) is 0.621. The van der Waals surface area contributed by atoms with Crippen molar-refractivity contribution in [2.24, 2.45) is 11.8 Å². The predicted molar refractivity (Wildman–Crippen MR) is 139 cm³/mol. The van der Waals surface area contributed by atoms with Crippen LogP contribution in [0, 0.1) is 23.7 Å². The summed E-state index contributed by atoms with van der Waals surface area (Å²) in [6.07, 6.45) is 8.12. The number of benzene rings is 1. The third-order valence-corrected chi connectivity index (χ3v) is 7.07. The molecule has 8 heteroatoms. The molecule has 4 rings (SSSR count). The summed E-state index contributed by atoms with van der Waals surface area (Å²) in [6.45, 7) is 3.02. The highest BCUT2D eigenvalue weighted by molar-refractivity contribution is 6.30. The molecule has 202 valence electrons. The predicted octanol–water partition coefficient (Wildman–Crippen LogP) is 4.69. The van der Waals surface area contributed by atoms with Crippen LogP contribution < -0.4 is 4.74 Å². The van der Waals surface area contributed by atoms with E-state index in [-0.39, 0.29) is 37.0 Å². The second kappa shape index (κ2) is 14.3. The van der Waals surface area contributed by atoms with Crippen molar-refractivity contribution in [3.05, 3.63) is 41.4 Å². The molecule has 2 heterocycles. The number of carbonyl (C=O) groups is 1. The van der Waals surface area contributed by atoms with Crippen LogP contribution in [0.4, 0.5) is 0 Å². The van der Waals surface area contributed by atoms with Gasteiger partial charge in [0.15, 0.2) is 12.6 Å². The van der Waals surface area contributed by atoms with E-state index in [0.717, 1.165) is 38.5 Å². The molecule has 0 aromatic heterocycles. The average Bonchev–Trinajstić information content (AvgIpc) is 3.19. The Morgan fingerprint density at radius 2 is 1.95 bits per heavy atom. The summed E-state index contributed by atoms with van der Waals surface area (Å²) in [5.41, 5.74) is 0. The average molecular weight is 533 g/mol. The molecule has 0 amide bonds. The van der Waals surface area contributed by atoms with E-state index in [1.54, 1.807) is 12.1 Å². The van der Waals surface area contributed by atoms with Crippen LogP contribution in [0.25, 0.3) is 0 Å². The lowest BCUT2D eigenvalue weighted by Crippen LogP contribution is -2.32. The van der Waals surface area contributed by atoms with E-state index < -0.39 is 18.1 Å². The molecule has 2 aliphatic heterocycles. The SMILES string of the molecule is CC(=O)C#CC1C(O)CC(OC2CCCCO2)C1C=CC(COc1cccc(Cl)c1)OC1CCCCO1. The Morgan fingerprint density at radius 3 is 2.62 bits per heavy atom. The van der Waals surface area contributed by atoms with E-state index in [0.29, 0.717) is 30.4 Å². The molecule has 1 aromatic carbocycles. The Bertz CT molecular complexity index is 958. The van der Waals surface area contributed by atoms with Gasteiger partial charge in [-0.25, -0.2) is 0 Å². The summed E-state index contributed by atoms with van der Waals surface area (Å²) in [7, 11) is 0. The van der Waals surface area contributed by atoms with Gasteiger partial charge in [0.2, 0.25) is 5.78 Å². The van der Waals surface area contributed by atoms with Gasteiger partial charge in [0.1, 0.15) is 18.5 Å². The maximum atomic E-state index is 11.6. The van der Waals surface area contributed by atoms with Crippen LogP contribution in [0.1, 0.15) is 51.9 Å². The molecule has 7 atom stereocenters. The van der Waals surface area contributed by atoms with Gasteiger partial charge in [-0.05, 0) is 62.6 Å². The zero-order valence-electron chi connectivity index (χ0n) is 21.4. The Labute approximate surface area is 224 Å². The number of rotatable bonds is 9. The number of Topliss-reactive ketones (excluding diaryl/α,β-unsaturated/α-hetero) is 1. The fourth-order valence-corrected chi connectivity index (χ4v) is 5.13. The number of aliphatic hydroxyl groups excluding tert-OH is 1. The van der Waals surface area contributed by atoms with Crippen LogP contribution in [0.5, 0.6) is 5.75 Å². The number of halogens is 1. The van der Waals surface area contributed by atoms with Crippen LogP contribution in [0.15, 0.2) is 36.4 Å². The van der Waals surface area contributed by atoms with Gasteiger partial charge in [0.25, 0.3) is 0 Å². The summed E-state index contributed by atoms with van der Waals surface area (Å²) in [5.74, 6) is 5.34. The zero-order valence-corrected chi connectivity index (χ0v) is 22.1. The highest BCUT2D eigenvalue weighted by atomic mass is 35.5. The van der Waals surface area contributed by atoms with Crippen LogP contribution in [0.3, 0.4) is 0 Å². The molecule has 37 heavy (non-hydrogen) atoms. The van der Waals surface area contributed by atoms with Gasteiger partial charge in [-0.15, -0.1) is 0 Å². The third-order valence-electron chi connectivity index (χ3n) is 6.83. The smallest absolute Gasteiger partial charge is 0.202 e. The molecule has 0 spiro atoms. The standard InChI is InChI=1S/C29H37ClO7/c1-20(31)11-13-24-25(27(18-26(24)32)37-29-10-3-5-16-34-29)14-12-23(36-28-9-2-4-15-33-28)19-35-22-8-6-7-21(30)17-22/h6-8,12,14,17,23-29,32H,2-5,9-10,15-16,18-19H2,1H3. The molecule has 7 nitrogen and oxygen atoms in total. The summed E-state index contributed by atoms with van der Waals surface area (Å²) >= 11 is 6.11. The molecule has 1 saturated carbocycles. The minimum absolute atomic E-state index is 0.236. The van der Waals surface area contributed by atoms with Crippen LogP contribution in [-0.4, -0.2) is 61.6 Å². The molecular weight excluding hydrogens is 496 g/mol. The van der Waals surface area contributed by atoms with Crippen molar-refractivity contribution in [3.8, 4) is 17.6 Å². The molecule has 1 aliphatic carbocycles. The van der Waals surface area contributed by atoms with Crippen molar-refractivity contribution in [2.75, 3.05) is 19.8 Å². The van der Waals surface area contributed by atoms with Gasteiger partial charge in [-0.2, -0.15) is 0 Å². The minimum atomic E-state index is -0.709. The second-order valence-electron chi connectivity index (χ2n) is 9.83. The second-order valence-corrected chi connectivity index (χ2v) is 10.3. The Kier molecular flexibility index (Phi) is 10.9. The quantitative estimate of drug-likeness (QED) is 0.281. The highest BCUT2D eigenvalue weighted by Crippen LogP contribution is 2.37. The molecule has 2 saturated heterocycles. The first-order valence-electron chi connectivity index (χ1n) is 13.3. The van der Waals surface area contributed by atoms with Crippen molar-refractivity contribution in [3.63, 3.8) is 0 Å². The monoisotopic (exact) mass is 532 g/mol. The Balaban J connectivity index is 1.51. The zero-order chi connectivity index (χ0) is 26.0. The van der Waals surface area contributed by atoms with Gasteiger partial charge in [0.05, 0.1) is 18.1 Å². The van der Waals surface area contributed by atoms with Gasteiger partial charge in [-0.1, -0.05) is 35.7 Å². The Morgan fingerprint density at radius 1 is 1.19 bits per heavy atom. The lowest BCUT2D eigenvalue weighted by molar-refractivity contribution is -0.193. The summed E-state index contributed by atoms with van der Waals surface area (Å²) < 4.78 is 30.1. The van der Waals surface area contributed by atoms with Crippen LogP contribution in [-0.2, 0) is 23.7 Å². The van der Waals surface area contributed by atoms with Crippen LogP contribution in [0.2, 0.25) is 5.02 Å². The molecule has 0 radical (unpaired) electrons. The molecule has 3 fully saturated rings. The maximum absolute atomic E-state index is 11.6. The first kappa shape index (κ1) is 28.1. The first-order valence-corrected chi connectivity index (χ1v) is 13.7. The van der Waals surface area contributed by atoms with Crippen LogP contribution >= 0.6 is 11.6 Å². The fourth-order valence-electron chi connectivity index (χ4n) is 4.95. The number of ether oxygens (including phenoxy) is 5. The lowest BCUT2D eigenvalue weighted by atomic mass is 9.93. The van der Waals surface area contributed by atoms with Crippen molar-refractivity contribution >= 4 is 17.4 Å². The molecular formula is C29H37ClO7. The number of hydrogen-bond donors (Lipinski definition) is 1. The molecule has 1 N–H and O–H groups in total. The van der Waals surface area contributed by atoms with Gasteiger partial charge >= 0.3 is 0 Å². The van der Waals surface area contributed by atoms with E-state index in [2.05, 4.69) is 11.8 Å². The Hall–Kier alpha value is -1.92. The molecule has 0 bridgehead atoms. The molecule has 1 aromatic rings. The van der Waals surface area contributed by atoms with Gasteiger partial charge in [-0.3, -0.25) is 4.79 Å². The highest BCUT2D eigenvalue weighted by Gasteiger charge is 2.42. The number of hydrogen-bond acceptors (Lipinski definition) is 7. The normalized spacial score (nSPS) is 31.0. The number of carbonyl (C=O) groups excluding carboxylic acids is 1. The van der Waals surface area contributed by atoms with E-state index in [4.69, 9.17) is 35.3 Å². The first-order chi connectivity index (χ1) is 18.0. The summed E-state index contributed by atoms with van der Waals surface area (Å²) in [5, 5.41) is 11.4. The molecule has 3 aliphatic rings.